The maximum atomic E-state index is 10.7. The van der Waals surface area contributed by atoms with Crippen LogP contribution in [0.25, 0.3) is 5.69 Å². The standard InChI is InChI=1S/C33H29ClN4O3S/c1-20-18-27(21(2)37(20)29-19-22(34)7-16-30(29)39)32-31(28-6-4-5-17-35-28)36-33(42)38(32)23-8-10-25(11-9-23)41-26-14-12-24(40-3)13-15-26/h4-19,31-32,39H,1-3H3,(H,36,42). The zero-order valence-electron chi connectivity index (χ0n) is 23.3. The first kappa shape index (κ1) is 27.6. The molecule has 5 aromatic rings. The SMILES string of the molecule is COc1ccc(Oc2ccc(N3C(=S)NC(c4ccccn4)C3c3cc(C)n(-c4cc(Cl)ccc4O)c3C)cc2)cc1. The number of rotatable bonds is 7. The van der Waals surface area contributed by atoms with Gasteiger partial charge in [0, 0.05) is 28.3 Å². The van der Waals surface area contributed by atoms with Gasteiger partial charge in [-0.15, -0.1) is 0 Å². The molecule has 7 nitrogen and oxygen atoms in total. The second-order valence-electron chi connectivity index (χ2n) is 10.1. The molecule has 212 valence electrons. The third-order valence-electron chi connectivity index (χ3n) is 7.48. The summed E-state index contributed by atoms with van der Waals surface area (Å²) < 4.78 is 13.3. The monoisotopic (exact) mass is 596 g/mol. The Hall–Kier alpha value is -4.53. The number of benzene rings is 3. The summed E-state index contributed by atoms with van der Waals surface area (Å²) in [6, 6.07) is 28.0. The summed E-state index contributed by atoms with van der Waals surface area (Å²) in [5.41, 5.74) is 5.38. The van der Waals surface area contributed by atoms with Gasteiger partial charge in [0.25, 0.3) is 0 Å². The van der Waals surface area contributed by atoms with E-state index in [0.717, 1.165) is 34.1 Å². The zero-order valence-corrected chi connectivity index (χ0v) is 24.9. The van der Waals surface area contributed by atoms with Crippen LogP contribution < -0.4 is 19.7 Å². The van der Waals surface area contributed by atoms with Gasteiger partial charge in [0.2, 0.25) is 0 Å². The van der Waals surface area contributed by atoms with E-state index in [-0.39, 0.29) is 17.8 Å². The van der Waals surface area contributed by atoms with E-state index >= 15 is 0 Å². The maximum absolute atomic E-state index is 10.7. The third kappa shape index (κ3) is 5.15. The van der Waals surface area contributed by atoms with Crippen molar-refractivity contribution in [1.29, 1.82) is 0 Å². The molecule has 6 rings (SSSR count). The van der Waals surface area contributed by atoms with Gasteiger partial charge in [-0.3, -0.25) is 4.98 Å². The van der Waals surface area contributed by atoms with Crippen molar-refractivity contribution in [2.24, 2.45) is 0 Å². The van der Waals surface area contributed by atoms with Crippen LogP contribution in [0.1, 0.15) is 34.7 Å². The molecule has 9 heteroatoms. The van der Waals surface area contributed by atoms with E-state index in [9.17, 15) is 5.11 Å². The minimum absolute atomic E-state index is 0.151. The summed E-state index contributed by atoms with van der Waals surface area (Å²) in [4.78, 5) is 6.79. The van der Waals surface area contributed by atoms with E-state index in [1.807, 2.05) is 85.1 Å². The average Bonchev–Trinajstić information content (AvgIpc) is 3.50. The van der Waals surface area contributed by atoms with E-state index in [1.165, 1.54) is 0 Å². The topological polar surface area (TPSA) is 71.8 Å². The molecule has 2 N–H and O–H groups in total. The van der Waals surface area contributed by atoms with Crippen LogP contribution >= 0.6 is 23.8 Å². The molecule has 42 heavy (non-hydrogen) atoms. The number of nitrogens with one attached hydrogen (secondary N) is 1. The number of anilines is 1. The first-order valence-electron chi connectivity index (χ1n) is 13.4. The van der Waals surface area contributed by atoms with Crippen molar-refractivity contribution in [1.82, 2.24) is 14.9 Å². The lowest BCUT2D eigenvalue weighted by molar-refractivity contribution is 0.413. The van der Waals surface area contributed by atoms with Crippen molar-refractivity contribution >= 4 is 34.6 Å². The fourth-order valence-corrected chi connectivity index (χ4v) is 6.05. The fourth-order valence-electron chi connectivity index (χ4n) is 5.54. The lowest BCUT2D eigenvalue weighted by Gasteiger charge is -2.28. The number of aromatic hydroxyl groups is 1. The highest BCUT2D eigenvalue weighted by molar-refractivity contribution is 7.80. The molecule has 3 aromatic carbocycles. The van der Waals surface area contributed by atoms with Crippen LogP contribution in [0.15, 0.2) is 97.2 Å². The molecule has 1 aliphatic rings. The van der Waals surface area contributed by atoms with Gasteiger partial charge >= 0.3 is 0 Å². The predicted molar refractivity (Wildman–Crippen MR) is 169 cm³/mol. The predicted octanol–water partition coefficient (Wildman–Crippen LogP) is 7.83. The van der Waals surface area contributed by atoms with E-state index < -0.39 is 0 Å². The number of phenolic OH excluding ortho intramolecular Hbond substituents is 1. The van der Waals surface area contributed by atoms with Crippen LogP contribution in [0.5, 0.6) is 23.0 Å². The molecule has 0 radical (unpaired) electrons. The Kier molecular flexibility index (Phi) is 7.49. The van der Waals surface area contributed by atoms with Gasteiger partial charge in [-0.05, 0) is 117 Å². The minimum atomic E-state index is -0.220. The van der Waals surface area contributed by atoms with Gasteiger partial charge < -0.3 is 29.4 Å². The molecule has 0 spiro atoms. The van der Waals surface area contributed by atoms with Gasteiger partial charge in [0.15, 0.2) is 5.11 Å². The van der Waals surface area contributed by atoms with E-state index in [4.69, 9.17) is 33.3 Å². The van der Waals surface area contributed by atoms with Gasteiger partial charge in [-0.1, -0.05) is 17.7 Å². The second kappa shape index (κ2) is 11.4. The second-order valence-corrected chi connectivity index (χ2v) is 10.9. The molecule has 0 aliphatic carbocycles. The lowest BCUT2D eigenvalue weighted by atomic mass is 9.96. The number of phenols is 1. The van der Waals surface area contributed by atoms with Crippen molar-refractivity contribution in [2.75, 3.05) is 12.0 Å². The summed E-state index contributed by atoms with van der Waals surface area (Å²) in [7, 11) is 1.64. The van der Waals surface area contributed by atoms with Crippen LogP contribution in [-0.2, 0) is 0 Å². The molecular formula is C33H29ClN4O3S. The Morgan fingerprint density at radius 2 is 1.60 bits per heavy atom. The number of ether oxygens (including phenoxy) is 2. The lowest BCUT2D eigenvalue weighted by Crippen LogP contribution is -2.29. The van der Waals surface area contributed by atoms with Crippen molar-refractivity contribution in [3.8, 4) is 28.7 Å². The Labute approximate surface area is 254 Å². The minimum Gasteiger partial charge on any atom is -0.506 e. The summed E-state index contributed by atoms with van der Waals surface area (Å²) in [6.45, 7) is 4.06. The van der Waals surface area contributed by atoms with Gasteiger partial charge in [0.05, 0.1) is 30.6 Å². The number of aryl methyl sites for hydroxylation is 1. The molecule has 0 bridgehead atoms. The molecule has 0 saturated carbocycles. The van der Waals surface area contributed by atoms with Gasteiger partial charge in [-0.25, -0.2) is 0 Å². The highest BCUT2D eigenvalue weighted by Gasteiger charge is 2.42. The molecule has 2 unspecified atom stereocenters. The maximum Gasteiger partial charge on any atom is 0.174 e. The number of thiocarbonyl (C=S) groups is 1. The highest BCUT2D eigenvalue weighted by Crippen LogP contribution is 2.44. The number of methoxy groups -OCH3 is 1. The van der Waals surface area contributed by atoms with Crippen molar-refractivity contribution in [3.63, 3.8) is 0 Å². The molecule has 1 aliphatic heterocycles. The van der Waals surface area contributed by atoms with Crippen LogP contribution in [0.3, 0.4) is 0 Å². The summed E-state index contributed by atoms with van der Waals surface area (Å²) in [5.74, 6) is 2.34. The number of aromatic nitrogens is 2. The van der Waals surface area contributed by atoms with Crippen molar-refractivity contribution in [3.05, 3.63) is 125 Å². The van der Waals surface area contributed by atoms with Gasteiger partial charge in [-0.2, -0.15) is 0 Å². The number of halogens is 1. The molecule has 2 atom stereocenters. The highest BCUT2D eigenvalue weighted by atomic mass is 35.5. The molecule has 3 heterocycles. The molecular weight excluding hydrogens is 568 g/mol. The van der Waals surface area contributed by atoms with E-state index in [1.54, 1.807) is 31.5 Å². The first-order valence-corrected chi connectivity index (χ1v) is 14.2. The molecule has 0 amide bonds. The number of pyridine rings is 1. The third-order valence-corrected chi connectivity index (χ3v) is 8.03. The number of hydrogen-bond acceptors (Lipinski definition) is 5. The molecule has 1 fully saturated rings. The number of hydrogen-bond donors (Lipinski definition) is 2. The Balaban J connectivity index is 1.40. The molecule has 2 aromatic heterocycles. The largest absolute Gasteiger partial charge is 0.506 e. The van der Waals surface area contributed by atoms with E-state index in [2.05, 4.69) is 21.3 Å². The smallest absolute Gasteiger partial charge is 0.174 e. The Morgan fingerprint density at radius 3 is 2.26 bits per heavy atom. The average molecular weight is 597 g/mol. The van der Waals surface area contributed by atoms with Crippen LogP contribution in [0.2, 0.25) is 5.02 Å². The summed E-state index contributed by atoms with van der Waals surface area (Å²) in [6.07, 6.45) is 1.79. The normalized spacial score (nSPS) is 16.4. The van der Waals surface area contributed by atoms with Crippen LogP contribution in [-0.4, -0.2) is 26.9 Å². The van der Waals surface area contributed by atoms with Crippen LogP contribution in [0, 0.1) is 13.8 Å². The Bertz CT molecular complexity index is 1740. The molecule has 1 saturated heterocycles. The van der Waals surface area contributed by atoms with Crippen molar-refractivity contribution in [2.45, 2.75) is 25.9 Å². The van der Waals surface area contributed by atoms with E-state index in [0.29, 0.717) is 27.3 Å². The van der Waals surface area contributed by atoms with Crippen molar-refractivity contribution < 1.29 is 14.6 Å². The summed E-state index contributed by atoms with van der Waals surface area (Å²) >= 11 is 12.3. The fraction of sp³-hybridized carbons (Fsp3) is 0.152. The first-order chi connectivity index (χ1) is 20.3. The number of nitrogens with zero attached hydrogens (tertiary/aromatic N) is 3. The zero-order chi connectivity index (χ0) is 29.4. The quantitative estimate of drug-likeness (QED) is 0.186. The Morgan fingerprint density at radius 1 is 0.905 bits per heavy atom. The van der Waals surface area contributed by atoms with Gasteiger partial charge in [0.1, 0.15) is 23.0 Å². The summed E-state index contributed by atoms with van der Waals surface area (Å²) in [5, 5.41) is 15.4. The van der Waals surface area contributed by atoms with Crippen LogP contribution in [0.4, 0.5) is 5.69 Å².